The molecule has 0 unspecified atom stereocenters. The monoisotopic (exact) mass is 289 g/mol. The van der Waals surface area contributed by atoms with Crippen molar-refractivity contribution in [1.29, 1.82) is 0 Å². The van der Waals surface area contributed by atoms with Crippen molar-refractivity contribution in [3.63, 3.8) is 0 Å². The first-order valence-electron chi connectivity index (χ1n) is 6.31. The number of carbonyl (C=O) groups excluding carboxylic acids is 1. The van der Waals surface area contributed by atoms with Crippen molar-refractivity contribution in [2.75, 3.05) is 0 Å². The number of hydrogen-bond acceptors (Lipinski definition) is 3. The second-order valence-corrected chi connectivity index (χ2v) is 4.65. The standard InChI is InChI=1S/C11H12N2O2.C4H7NO/c12-9(11(14)15)5-7-6-13-10-4-2-1-3-8(7)10;1-3(2)4(5)6/h1-4,6,9,13H,5,12H2,(H,14,15);1H2,2H3,(H2,5,6)/t9-;/m0./s1. The van der Waals surface area contributed by atoms with E-state index in [-0.39, 0.29) is 0 Å². The normalized spacial score (nSPS) is 11.3. The van der Waals surface area contributed by atoms with Gasteiger partial charge in [0, 0.05) is 29.1 Å². The zero-order chi connectivity index (χ0) is 16.0. The fourth-order valence-electron chi connectivity index (χ4n) is 1.62. The first-order valence-corrected chi connectivity index (χ1v) is 6.31. The molecule has 0 aliphatic heterocycles. The van der Waals surface area contributed by atoms with Crippen LogP contribution in [0.25, 0.3) is 10.9 Å². The first kappa shape index (κ1) is 16.5. The summed E-state index contributed by atoms with van der Waals surface area (Å²) in [6.45, 7) is 4.85. The van der Waals surface area contributed by atoms with Gasteiger partial charge in [0.1, 0.15) is 6.04 Å². The molecule has 0 fully saturated rings. The number of aromatic amines is 1. The van der Waals surface area contributed by atoms with Crippen LogP contribution in [0, 0.1) is 0 Å². The van der Waals surface area contributed by atoms with E-state index in [0.717, 1.165) is 16.5 Å². The van der Waals surface area contributed by atoms with Gasteiger partial charge in [0.25, 0.3) is 0 Å². The number of nitrogens with two attached hydrogens (primary N) is 2. The molecule has 1 amide bonds. The van der Waals surface area contributed by atoms with Crippen molar-refractivity contribution >= 4 is 22.8 Å². The predicted molar refractivity (Wildman–Crippen MR) is 81.6 cm³/mol. The summed E-state index contributed by atoms with van der Waals surface area (Å²) in [6.07, 6.45) is 2.16. The van der Waals surface area contributed by atoms with Crippen LogP contribution in [0.2, 0.25) is 0 Å². The van der Waals surface area contributed by atoms with E-state index in [0.29, 0.717) is 12.0 Å². The lowest BCUT2D eigenvalue weighted by Crippen LogP contribution is -2.32. The van der Waals surface area contributed by atoms with Crippen LogP contribution in [0.1, 0.15) is 12.5 Å². The fraction of sp³-hybridized carbons (Fsp3) is 0.200. The van der Waals surface area contributed by atoms with Gasteiger partial charge in [-0.1, -0.05) is 24.8 Å². The van der Waals surface area contributed by atoms with Crippen LogP contribution < -0.4 is 11.5 Å². The number of amides is 1. The Balaban J connectivity index is 0.000000315. The molecular formula is C15H19N3O3. The van der Waals surface area contributed by atoms with Gasteiger partial charge in [0.15, 0.2) is 0 Å². The van der Waals surface area contributed by atoms with Crippen molar-refractivity contribution in [3.05, 3.63) is 48.2 Å². The molecule has 1 aromatic heterocycles. The van der Waals surface area contributed by atoms with Crippen LogP contribution in [0.3, 0.4) is 0 Å². The number of H-pyrrole nitrogens is 1. The molecule has 1 atom stereocenters. The molecule has 0 radical (unpaired) electrons. The van der Waals surface area contributed by atoms with Gasteiger partial charge < -0.3 is 21.6 Å². The van der Waals surface area contributed by atoms with E-state index in [1.54, 1.807) is 6.92 Å². The number of aliphatic carboxylic acids is 1. The molecule has 0 aliphatic rings. The van der Waals surface area contributed by atoms with E-state index >= 15 is 0 Å². The maximum Gasteiger partial charge on any atom is 0.320 e. The summed E-state index contributed by atoms with van der Waals surface area (Å²) in [7, 11) is 0. The average Bonchev–Trinajstić information content (AvgIpc) is 2.82. The van der Waals surface area contributed by atoms with Crippen LogP contribution in [0.15, 0.2) is 42.6 Å². The average molecular weight is 289 g/mol. The Morgan fingerprint density at radius 1 is 1.38 bits per heavy atom. The second-order valence-electron chi connectivity index (χ2n) is 4.65. The Morgan fingerprint density at radius 3 is 2.48 bits per heavy atom. The molecule has 112 valence electrons. The summed E-state index contributed by atoms with van der Waals surface area (Å²) in [5.41, 5.74) is 12.5. The zero-order valence-corrected chi connectivity index (χ0v) is 11.8. The van der Waals surface area contributed by atoms with Gasteiger partial charge in [-0.3, -0.25) is 9.59 Å². The van der Waals surface area contributed by atoms with E-state index < -0.39 is 17.9 Å². The molecule has 6 nitrogen and oxygen atoms in total. The number of hydrogen-bond donors (Lipinski definition) is 4. The minimum atomic E-state index is -0.972. The Morgan fingerprint density at radius 2 is 1.95 bits per heavy atom. The van der Waals surface area contributed by atoms with Gasteiger partial charge in [-0.15, -0.1) is 0 Å². The lowest BCUT2D eigenvalue weighted by molar-refractivity contribution is -0.138. The smallest absolute Gasteiger partial charge is 0.320 e. The van der Waals surface area contributed by atoms with Crippen LogP contribution in [-0.2, 0) is 16.0 Å². The summed E-state index contributed by atoms with van der Waals surface area (Å²) in [4.78, 5) is 23.5. The lowest BCUT2D eigenvalue weighted by atomic mass is 10.1. The minimum absolute atomic E-state index is 0.347. The van der Waals surface area contributed by atoms with Crippen LogP contribution in [-0.4, -0.2) is 28.0 Å². The minimum Gasteiger partial charge on any atom is -0.480 e. The number of primary amides is 1. The molecule has 0 spiro atoms. The number of carboxylic acid groups (broad SMARTS) is 1. The molecule has 0 aliphatic carbocycles. The molecule has 2 aromatic rings. The van der Waals surface area contributed by atoms with Crippen LogP contribution in [0.4, 0.5) is 0 Å². The highest BCUT2D eigenvalue weighted by atomic mass is 16.4. The predicted octanol–water partition coefficient (Wildman–Crippen LogP) is 1.17. The summed E-state index contributed by atoms with van der Waals surface area (Å²) in [5, 5.41) is 9.75. The maximum absolute atomic E-state index is 10.6. The van der Waals surface area contributed by atoms with Crippen molar-refractivity contribution in [2.24, 2.45) is 11.5 Å². The number of para-hydroxylation sites is 1. The van der Waals surface area contributed by atoms with Gasteiger partial charge in [-0.25, -0.2) is 0 Å². The lowest BCUT2D eigenvalue weighted by Gasteiger charge is -2.04. The van der Waals surface area contributed by atoms with Crippen molar-refractivity contribution in [1.82, 2.24) is 4.98 Å². The van der Waals surface area contributed by atoms with Crippen molar-refractivity contribution in [3.8, 4) is 0 Å². The van der Waals surface area contributed by atoms with E-state index in [9.17, 15) is 9.59 Å². The van der Waals surface area contributed by atoms with Crippen molar-refractivity contribution < 1.29 is 14.7 Å². The highest BCUT2D eigenvalue weighted by molar-refractivity contribution is 5.90. The van der Waals surface area contributed by atoms with Gasteiger partial charge in [0.05, 0.1) is 0 Å². The summed E-state index contributed by atoms with van der Waals surface area (Å²) >= 11 is 0. The summed E-state index contributed by atoms with van der Waals surface area (Å²) in [5.74, 6) is -1.41. The van der Waals surface area contributed by atoms with E-state index in [1.165, 1.54) is 0 Å². The second kappa shape index (κ2) is 7.25. The molecule has 0 saturated carbocycles. The summed E-state index contributed by atoms with van der Waals surface area (Å²) in [6, 6.07) is 6.91. The number of benzene rings is 1. The number of rotatable bonds is 4. The number of carboxylic acids is 1. The Hall–Kier alpha value is -2.60. The summed E-state index contributed by atoms with van der Waals surface area (Å²) < 4.78 is 0. The number of carbonyl (C=O) groups is 2. The molecular weight excluding hydrogens is 270 g/mol. The van der Waals surface area contributed by atoms with Gasteiger partial charge >= 0.3 is 5.97 Å². The molecule has 0 saturated heterocycles. The number of nitrogens with one attached hydrogen (secondary N) is 1. The van der Waals surface area contributed by atoms with E-state index in [4.69, 9.17) is 16.6 Å². The third-order valence-electron chi connectivity index (χ3n) is 2.85. The molecule has 6 heteroatoms. The maximum atomic E-state index is 10.6. The highest BCUT2D eigenvalue weighted by Crippen LogP contribution is 2.18. The first-order chi connectivity index (χ1) is 9.82. The molecule has 2 rings (SSSR count). The largest absolute Gasteiger partial charge is 0.480 e. The van der Waals surface area contributed by atoms with E-state index in [1.807, 2.05) is 30.5 Å². The Labute approximate surface area is 122 Å². The Kier molecular flexibility index (Phi) is 5.68. The fourth-order valence-corrected chi connectivity index (χ4v) is 1.62. The number of aromatic nitrogens is 1. The number of fused-ring (bicyclic) bond motifs is 1. The van der Waals surface area contributed by atoms with Crippen molar-refractivity contribution in [2.45, 2.75) is 19.4 Å². The third kappa shape index (κ3) is 4.77. The van der Waals surface area contributed by atoms with Crippen LogP contribution >= 0.6 is 0 Å². The SMILES string of the molecule is C=C(C)C(N)=O.N[C@@H](Cc1c[nH]c2ccccc12)C(=O)O. The molecule has 1 heterocycles. The quantitative estimate of drug-likeness (QED) is 0.631. The van der Waals surface area contributed by atoms with E-state index in [2.05, 4.69) is 11.6 Å². The molecule has 6 N–H and O–H groups in total. The highest BCUT2D eigenvalue weighted by Gasteiger charge is 2.14. The van der Waals surface area contributed by atoms with Gasteiger partial charge in [0.2, 0.25) is 5.91 Å². The zero-order valence-electron chi connectivity index (χ0n) is 11.8. The molecule has 0 bridgehead atoms. The third-order valence-corrected chi connectivity index (χ3v) is 2.85. The molecule has 1 aromatic carbocycles. The Bertz CT molecular complexity index is 649. The topological polar surface area (TPSA) is 122 Å². The van der Waals surface area contributed by atoms with Crippen LogP contribution in [0.5, 0.6) is 0 Å². The molecule has 21 heavy (non-hydrogen) atoms. The van der Waals surface area contributed by atoms with Gasteiger partial charge in [-0.2, -0.15) is 0 Å². The van der Waals surface area contributed by atoms with Gasteiger partial charge in [-0.05, 0) is 18.6 Å².